The molecule has 0 saturated carbocycles. The summed E-state index contributed by atoms with van der Waals surface area (Å²) >= 11 is 0. The molecule has 1 atom stereocenters. The Bertz CT molecular complexity index is 819. The van der Waals surface area contributed by atoms with Gasteiger partial charge >= 0.3 is 0 Å². The molecule has 2 amide bonds. The van der Waals surface area contributed by atoms with Crippen molar-refractivity contribution < 1.29 is 18.8 Å². The molecular weight excluding hydrogens is 334 g/mol. The Balaban J connectivity index is 2.33. The van der Waals surface area contributed by atoms with E-state index in [-0.39, 0.29) is 17.6 Å². The molecule has 7 nitrogen and oxygen atoms in total. The zero-order chi connectivity index (χ0) is 19.5. The Labute approximate surface area is 152 Å². The van der Waals surface area contributed by atoms with Crippen molar-refractivity contribution >= 4 is 17.6 Å². The molecule has 3 N–H and O–H groups in total. The summed E-state index contributed by atoms with van der Waals surface area (Å²) in [6, 6.07) is 8.06. The van der Waals surface area contributed by atoms with Crippen LogP contribution >= 0.6 is 0 Å². The molecule has 2 aromatic rings. The van der Waals surface area contributed by atoms with E-state index in [0.717, 1.165) is 0 Å². The predicted octanol–water partition coefficient (Wildman–Crippen LogP) is 2.24. The maximum absolute atomic E-state index is 12.7. The number of hydrogen-bond donors (Lipinski definition) is 2. The van der Waals surface area contributed by atoms with Crippen molar-refractivity contribution in [2.75, 3.05) is 0 Å². The predicted molar refractivity (Wildman–Crippen MR) is 96.2 cm³/mol. The number of aromatic nitrogens is 1. The van der Waals surface area contributed by atoms with Crippen LogP contribution in [0.4, 0.5) is 0 Å². The van der Waals surface area contributed by atoms with Gasteiger partial charge < -0.3 is 15.5 Å². The Morgan fingerprint density at radius 2 is 1.81 bits per heavy atom. The number of oxazole rings is 1. The first-order valence-electron chi connectivity index (χ1n) is 8.26. The van der Waals surface area contributed by atoms with E-state index in [0.29, 0.717) is 17.1 Å². The van der Waals surface area contributed by atoms with Crippen LogP contribution in [-0.2, 0) is 9.59 Å². The van der Waals surface area contributed by atoms with Gasteiger partial charge in [-0.2, -0.15) is 0 Å². The first-order chi connectivity index (χ1) is 12.1. The van der Waals surface area contributed by atoms with Crippen LogP contribution in [0.1, 0.15) is 43.6 Å². The number of nitrogens with zero attached hydrogens (tertiary/aromatic N) is 1. The molecule has 26 heavy (non-hydrogen) atoms. The number of primary amides is 1. The van der Waals surface area contributed by atoms with Crippen molar-refractivity contribution in [2.24, 2.45) is 11.1 Å². The van der Waals surface area contributed by atoms with Crippen molar-refractivity contribution in [1.82, 2.24) is 10.3 Å². The topological polar surface area (TPSA) is 115 Å². The molecule has 0 aliphatic rings. The Morgan fingerprint density at radius 1 is 1.19 bits per heavy atom. The molecule has 1 aromatic carbocycles. The van der Waals surface area contributed by atoms with Gasteiger partial charge in [0.2, 0.25) is 11.5 Å². The van der Waals surface area contributed by atoms with E-state index in [1.54, 1.807) is 19.1 Å². The molecule has 0 spiro atoms. The highest BCUT2D eigenvalue weighted by Gasteiger charge is 2.31. The molecular formula is C19H23N3O4. The number of ketones is 1. The fourth-order valence-electron chi connectivity index (χ4n) is 2.59. The molecule has 0 bridgehead atoms. The second-order valence-corrected chi connectivity index (χ2v) is 7.30. The van der Waals surface area contributed by atoms with Crippen molar-refractivity contribution in [1.29, 1.82) is 0 Å². The molecule has 0 aliphatic carbocycles. The molecule has 0 fully saturated rings. The SMILES string of the molecule is Cc1nc(-c2ccccc2)c(C(=O)NC(CC(C)(C)C)C(=O)C(N)=O)o1. The van der Waals surface area contributed by atoms with E-state index < -0.39 is 23.6 Å². The number of nitrogens with two attached hydrogens (primary N) is 1. The van der Waals surface area contributed by atoms with Crippen molar-refractivity contribution in [3.63, 3.8) is 0 Å². The van der Waals surface area contributed by atoms with Gasteiger partial charge in [-0.25, -0.2) is 4.98 Å². The number of hydrogen-bond acceptors (Lipinski definition) is 5. The minimum Gasteiger partial charge on any atom is -0.435 e. The highest BCUT2D eigenvalue weighted by molar-refractivity contribution is 6.38. The summed E-state index contributed by atoms with van der Waals surface area (Å²) < 4.78 is 5.45. The van der Waals surface area contributed by atoms with Gasteiger partial charge in [0.25, 0.3) is 11.8 Å². The molecule has 0 saturated heterocycles. The lowest BCUT2D eigenvalue weighted by Gasteiger charge is -2.24. The van der Waals surface area contributed by atoms with Crippen LogP contribution in [0.25, 0.3) is 11.3 Å². The van der Waals surface area contributed by atoms with Gasteiger partial charge in [0.15, 0.2) is 5.89 Å². The normalized spacial score (nSPS) is 12.5. The Kier molecular flexibility index (Phi) is 5.59. The van der Waals surface area contributed by atoms with Crippen LogP contribution in [0.15, 0.2) is 34.7 Å². The summed E-state index contributed by atoms with van der Waals surface area (Å²) in [5.74, 6) is -2.23. The van der Waals surface area contributed by atoms with Gasteiger partial charge in [-0.3, -0.25) is 14.4 Å². The quantitative estimate of drug-likeness (QED) is 0.769. The van der Waals surface area contributed by atoms with E-state index >= 15 is 0 Å². The largest absolute Gasteiger partial charge is 0.435 e. The third kappa shape index (κ3) is 4.78. The lowest BCUT2D eigenvalue weighted by atomic mass is 9.86. The monoisotopic (exact) mass is 357 g/mol. The highest BCUT2D eigenvalue weighted by atomic mass is 16.4. The van der Waals surface area contributed by atoms with Crippen molar-refractivity contribution in [3.05, 3.63) is 42.0 Å². The summed E-state index contributed by atoms with van der Waals surface area (Å²) in [5.41, 5.74) is 5.90. The minimum atomic E-state index is -1.09. The summed E-state index contributed by atoms with van der Waals surface area (Å²) in [6.07, 6.45) is 0.258. The zero-order valence-electron chi connectivity index (χ0n) is 15.3. The van der Waals surface area contributed by atoms with Crippen LogP contribution in [-0.4, -0.2) is 28.6 Å². The lowest BCUT2D eigenvalue weighted by Crippen LogP contribution is -2.47. The van der Waals surface area contributed by atoms with E-state index in [4.69, 9.17) is 10.2 Å². The summed E-state index contributed by atoms with van der Waals surface area (Å²) in [5, 5.41) is 2.57. The number of Topliss-reactive ketones (excluding diaryl/α,β-unsaturated/α-hetero) is 1. The minimum absolute atomic E-state index is 0.00937. The zero-order valence-corrected chi connectivity index (χ0v) is 15.3. The number of rotatable bonds is 6. The fourth-order valence-corrected chi connectivity index (χ4v) is 2.59. The fraction of sp³-hybridized carbons (Fsp3) is 0.368. The maximum atomic E-state index is 12.7. The lowest BCUT2D eigenvalue weighted by molar-refractivity contribution is -0.137. The Morgan fingerprint density at radius 3 is 2.35 bits per heavy atom. The first kappa shape index (κ1) is 19.4. The van der Waals surface area contributed by atoms with Crippen LogP contribution in [0.2, 0.25) is 0 Å². The van der Waals surface area contributed by atoms with Crippen LogP contribution in [0.5, 0.6) is 0 Å². The van der Waals surface area contributed by atoms with Crippen LogP contribution in [0.3, 0.4) is 0 Å². The third-order valence-corrected chi connectivity index (χ3v) is 3.67. The van der Waals surface area contributed by atoms with Gasteiger partial charge in [0.1, 0.15) is 5.69 Å². The second kappa shape index (κ2) is 7.51. The van der Waals surface area contributed by atoms with Crippen molar-refractivity contribution in [2.45, 2.75) is 40.2 Å². The number of amides is 2. The molecule has 1 heterocycles. The average Bonchev–Trinajstić information content (AvgIpc) is 2.95. The van der Waals surface area contributed by atoms with Gasteiger partial charge in [-0.1, -0.05) is 51.1 Å². The summed E-state index contributed by atoms with van der Waals surface area (Å²) in [6.45, 7) is 7.32. The van der Waals surface area contributed by atoms with E-state index in [1.807, 2.05) is 39.0 Å². The van der Waals surface area contributed by atoms with Gasteiger partial charge in [-0.05, 0) is 11.8 Å². The maximum Gasteiger partial charge on any atom is 0.289 e. The summed E-state index contributed by atoms with van der Waals surface area (Å²) in [4.78, 5) is 40.4. The molecule has 0 radical (unpaired) electrons. The smallest absolute Gasteiger partial charge is 0.289 e. The Hall–Kier alpha value is -2.96. The van der Waals surface area contributed by atoms with Gasteiger partial charge in [0.05, 0.1) is 6.04 Å². The standard InChI is InChI=1S/C19H23N3O4/c1-11-21-14(12-8-6-5-7-9-12)16(26-11)18(25)22-13(10-19(2,3)4)15(23)17(20)24/h5-9,13H,10H2,1-4H3,(H2,20,24)(H,22,25). The van der Waals surface area contributed by atoms with Crippen LogP contribution in [0, 0.1) is 12.3 Å². The van der Waals surface area contributed by atoms with Gasteiger partial charge in [-0.15, -0.1) is 0 Å². The number of carbonyl (C=O) groups excluding carboxylic acids is 3. The van der Waals surface area contributed by atoms with E-state index in [2.05, 4.69) is 10.3 Å². The van der Waals surface area contributed by atoms with Crippen molar-refractivity contribution in [3.8, 4) is 11.3 Å². The van der Waals surface area contributed by atoms with E-state index in [9.17, 15) is 14.4 Å². The first-order valence-corrected chi connectivity index (χ1v) is 8.26. The van der Waals surface area contributed by atoms with E-state index in [1.165, 1.54) is 0 Å². The molecule has 1 unspecified atom stereocenters. The second-order valence-electron chi connectivity index (χ2n) is 7.30. The highest BCUT2D eigenvalue weighted by Crippen LogP contribution is 2.25. The molecule has 2 rings (SSSR count). The molecule has 0 aliphatic heterocycles. The van der Waals surface area contributed by atoms with Crippen LogP contribution < -0.4 is 11.1 Å². The number of nitrogens with one attached hydrogen (secondary N) is 1. The average molecular weight is 357 g/mol. The molecule has 1 aromatic heterocycles. The number of benzene rings is 1. The summed E-state index contributed by atoms with van der Waals surface area (Å²) in [7, 11) is 0. The molecule has 7 heteroatoms. The third-order valence-electron chi connectivity index (χ3n) is 3.67. The van der Waals surface area contributed by atoms with Gasteiger partial charge in [0, 0.05) is 12.5 Å². The number of carbonyl (C=O) groups is 3. The molecule has 138 valence electrons. The number of aryl methyl sites for hydroxylation is 1.